The maximum atomic E-state index is 12.0. The largest absolute Gasteiger partial charge is 0.347 e. The predicted molar refractivity (Wildman–Crippen MR) is 87.9 cm³/mol. The number of nitrogens with one attached hydrogen (secondary N) is 1. The summed E-state index contributed by atoms with van der Waals surface area (Å²) in [4.78, 5) is 40.8. The number of amides is 3. The molecule has 0 spiro atoms. The fourth-order valence-electron chi connectivity index (χ4n) is 2.29. The lowest BCUT2D eigenvalue weighted by Gasteiger charge is -2.16. The molecule has 126 valence electrons. The molecule has 0 saturated carbocycles. The van der Waals surface area contributed by atoms with Crippen LogP contribution in [0.3, 0.4) is 0 Å². The molecule has 3 amide bonds. The Labute approximate surface area is 140 Å². The van der Waals surface area contributed by atoms with Crippen LogP contribution in [0.25, 0.3) is 0 Å². The van der Waals surface area contributed by atoms with Crippen molar-refractivity contribution in [3.63, 3.8) is 0 Å². The lowest BCUT2D eigenvalue weighted by Crippen LogP contribution is -2.34. The first-order chi connectivity index (χ1) is 10.7. The van der Waals surface area contributed by atoms with Crippen molar-refractivity contribution in [2.24, 2.45) is 0 Å². The fraction of sp³-hybridized carbons (Fsp3) is 0.625. The van der Waals surface area contributed by atoms with Crippen LogP contribution in [0, 0.1) is 0 Å². The van der Waals surface area contributed by atoms with Gasteiger partial charge in [-0.15, -0.1) is 11.3 Å². The summed E-state index contributed by atoms with van der Waals surface area (Å²) in [6.45, 7) is 8.33. The van der Waals surface area contributed by atoms with Gasteiger partial charge in [-0.2, -0.15) is 0 Å². The third-order valence-corrected chi connectivity index (χ3v) is 4.78. The second kappa shape index (κ2) is 6.78. The predicted octanol–water partition coefficient (Wildman–Crippen LogP) is 2.16. The molecule has 0 aromatic carbocycles. The molecule has 6 nitrogen and oxygen atoms in total. The van der Waals surface area contributed by atoms with Gasteiger partial charge in [0.05, 0.1) is 11.7 Å². The maximum absolute atomic E-state index is 12.0. The Kier molecular flexibility index (Phi) is 5.19. The van der Waals surface area contributed by atoms with Crippen molar-refractivity contribution >= 4 is 29.1 Å². The van der Waals surface area contributed by atoms with E-state index in [0.717, 1.165) is 10.7 Å². The third kappa shape index (κ3) is 4.37. The van der Waals surface area contributed by atoms with E-state index in [1.165, 1.54) is 16.2 Å². The van der Waals surface area contributed by atoms with E-state index in [1.54, 1.807) is 0 Å². The molecule has 1 N–H and O–H groups in total. The van der Waals surface area contributed by atoms with E-state index >= 15 is 0 Å². The summed E-state index contributed by atoms with van der Waals surface area (Å²) in [7, 11) is 0. The van der Waals surface area contributed by atoms with Crippen molar-refractivity contribution in [1.29, 1.82) is 0 Å². The normalized spacial score (nSPS) is 16.8. The lowest BCUT2D eigenvalue weighted by atomic mass is 9.93. The molecule has 1 atom stereocenters. The zero-order chi connectivity index (χ0) is 17.2. The molecule has 1 aliphatic heterocycles. The number of hydrogen-bond donors (Lipinski definition) is 1. The van der Waals surface area contributed by atoms with Crippen LogP contribution in [0.4, 0.5) is 0 Å². The quantitative estimate of drug-likeness (QED) is 0.835. The van der Waals surface area contributed by atoms with Gasteiger partial charge in [-0.1, -0.05) is 20.8 Å². The highest BCUT2D eigenvalue weighted by Crippen LogP contribution is 2.26. The Balaban J connectivity index is 1.86. The van der Waals surface area contributed by atoms with Crippen molar-refractivity contribution < 1.29 is 14.4 Å². The van der Waals surface area contributed by atoms with Crippen LogP contribution in [0.5, 0.6) is 0 Å². The molecular formula is C16H23N3O3S. The maximum Gasteiger partial charge on any atom is 0.229 e. The number of rotatable bonds is 5. The minimum absolute atomic E-state index is 0.0189. The van der Waals surface area contributed by atoms with Crippen molar-refractivity contribution in [1.82, 2.24) is 15.2 Å². The summed E-state index contributed by atoms with van der Waals surface area (Å²) in [5.41, 5.74) is 0.987. The molecule has 23 heavy (non-hydrogen) atoms. The van der Waals surface area contributed by atoms with Gasteiger partial charge in [0.2, 0.25) is 17.7 Å². The minimum Gasteiger partial charge on any atom is -0.347 e. The summed E-state index contributed by atoms with van der Waals surface area (Å²) in [5.74, 6) is -0.561. The molecule has 1 fully saturated rings. The van der Waals surface area contributed by atoms with E-state index in [1.807, 2.05) is 12.3 Å². The topological polar surface area (TPSA) is 79.4 Å². The van der Waals surface area contributed by atoms with Gasteiger partial charge in [0.15, 0.2) is 0 Å². The van der Waals surface area contributed by atoms with Crippen LogP contribution in [0.15, 0.2) is 5.38 Å². The highest BCUT2D eigenvalue weighted by Gasteiger charge is 2.29. The van der Waals surface area contributed by atoms with Crippen LogP contribution >= 0.6 is 11.3 Å². The lowest BCUT2D eigenvalue weighted by molar-refractivity contribution is -0.138. The van der Waals surface area contributed by atoms with Gasteiger partial charge < -0.3 is 5.32 Å². The molecule has 7 heteroatoms. The monoisotopic (exact) mass is 337 g/mol. The van der Waals surface area contributed by atoms with E-state index in [9.17, 15) is 14.4 Å². The number of nitrogens with zero attached hydrogens (tertiary/aromatic N) is 2. The Morgan fingerprint density at radius 1 is 1.35 bits per heavy atom. The molecule has 1 aromatic heterocycles. The number of carbonyl (C=O) groups excluding carboxylic acids is 3. The van der Waals surface area contributed by atoms with E-state index in [2.05, 4.69) is 31.1 Å². The Morgan fingerprint density at radius 3 is 2.48 bits per heavy atom. The number of carbonyl (C=O) groups is 3. The van der Waals surface area contributed by atoms with E-state index < -0.39 is 0 Å². The molecule has 2 rings (SSSR count). The van der Waals surface area contributed by atoms with Crippen LogP contribution in [0.2, 0.25) is 0 Å². The van der Waals surface area contributed by atoms with Gasteiger partial charge in [-0.25, -0.2) is 4.98 Å². The average Bonchev–Trinajstić information content (AvgIpc) is 3.05. The summed E-state index contributed by atoms with van der Waals surface area (Å²) in [6, 6.07) is -0.186. The van der Waals surface area contributed by atoms with Gasteiger partial charge in [0, 0.05) is 36.6 Å². The third-order valence-electron chi connectivity index (χ3n) is 3.76. The SMILES string of the molecule is C[C@H](NC(=O)CCN1C(=O)CCC1=O)c1nc(C(C)(C)C)cs1. The van der Waals surface area contributed by atoms with E-state index in [-0.39, 0.29) is 55.0 Å². The highest BCUT2D eigenvalue weighted by atomic mass is 32.1. The molecular weight excluding hydrogens is 314 g/mol. The van der Waals surface area contributed by atoms with Crippen molar-refractivity contribution in [2.45, 2.75) is 58.4 Å². The van der Waals surface area contributed by atoms with Crippen molar-refractivity contribution in [3.05, 3.63) is 16.1 Å². The first-order valence-electron chi connectivity index (χ1n) is 7.77. The smallest absolute Gasteiger partial charge is 0.229 e. The Bertz CT molecular complexity index is 602. The van der Waals surface area contributed by atoms with Crippen molar-refractivity contribution in [2.75, 3.05) is 6.54 Å². The number of imide groups is 1. The second-order valence-electron chi connectivity index (χ2n) is 6.80. The van der Waals surface area contributed by atoms with Gasteiger partial charge in [-0.3, -0.25) is 19.3 Å². The standard InChI is InChI=1S/C16H23N3O3S/c1-10(15-18-11(9-23-15)16(2,3)4)17-12(20)7-8-19-13(21)5-6-14(19)22/h9-10H,5-8H2,1-4H3,(H,17,20)/t10-/m0/s1. The summed E-state index contributed by atoms with van der Waals surface area (Å²) in [5, 5.41) is 5.75. The van der Waals surface area contributed by atoms with Crippen LogP contribution in [0.1, 0.15) is 63.7 Å². The van der Waals surface area contributed by atoms with E-state index in [4.69, 9.17) is 0 Å². The van der Waals surface area contributed by atoms with Crippen LogP contribution in [-0.4, -0.2) is 34.2 Å². The van der Waals surface area contributed by atoms with Gasteiger partial charge in [0.25, 0.3) is 0 Å². The zero-order valence-electron chi connectivity index (χ0n) is 14.0. The molecule has 0 aliphatic carbocycles. The number of hydrogen-bond acceptors (Lipinski definition) is 5. The van der Waals surface area contributed by atoms with Crippen LogP contribution < -0.4 is 5.32 Å². The first kappa shape index (κ1) is 17.6. The van der Waals surface area contributed by atoms with Crippen molar-refractivity contribution in [3.8, 4) is 0 Å². The average molecular weight is 337 g/mol. The van der Waals surface area contributed by atoms with Crippen LogP contribution in [-0.2, 0) is 19.8 Å². The molecule has 0 radical (unpaired) electrons. The molecule has 2 heterocycles. The van der Waals surface area contributed by atoms with E-state index in [0.29, 0.717) is 0 Å². The molecule has 1 aromatic rings. The summed E-state index contributed by atoms with van der Waals surface area (Å²) >= 11 is 1.53. The van der Waals surface area contributed by atoms with Gasteiger partial charge in [0.1, 0.15) is 5.01 Å². The molecule has 1 aliphatic rings. The second-order valence-corrected chi connectivity index (χ2v) is 7.69. The fourth-order valence-corrected chi connectivity index (χ4v) is 3.34. The molecule has 1 saturated heterocycles. The Morgan fingerprint density at radius 2 is 1.96 bits per heavy atom. The van der Waals surface area contributed by atoms with Gasteiger partial charge >= 0.3 is 0 Å². The molecule has 0 bridgehead atoms. The number of thiazole rings is 1. The number of likely N-dealkylation sites (tertiary alicyclic amines) is 1. The first-order valence-corrected chi connectivity index (χ1v) is 8.65. The zero-order valence-corrected chi connectivity index (χ0v) is 14.8. The summed E-state index contributed by atoms with van der Waals surface area (Å²) < 4.78 is 0. The molecule has 0 unspecified atom stereocenters. The minimum atomic E-state index is -0.189. The number of aromatic nitrogens is 1. The van der Waals surface area contributed by atoms with Gasteiger partial charge in [-0.05, 0) is 6.92 Å². The highest BCUT2D eigenvalue weighted by molar-refractivity contribution is 7.09. The Hall–Kier alpha value is -1.76. The summed E-state index contributed by atoms with van der Waals surface area (Å²) in [6.07, 6.45) is 0.635.